The minimum atomic E-state index is 0.656. The summed E-state index contributed by atoms with van der Waals surface area (Å²) >= 11 is 0. The molecule has 0 saturated carbocycles. The van der Waals surface area contributed by atoms with Crippen LogP contribution in [0, 0.1) is 25.2 Å². The van der Waals surface area contributed by atoms with Crippen molar-refractivity contribution in [2.24, 2.45) is 0 Å². The second-order valence-corrected chi connectivity index (χ2v) is 5.06. The monoisotopic (exact) mass is 273 g/mol. The maximum atomic E-state index is 9.20. The highest BCUT2D eigenvalue weighted by molar-refractivity contribution is 5.79. The van der Waals surface area contributed by atoms with Gasteiger partial charge in [0.05, 0.1) is 17.3 Å². The topological polar surface area (TPSA) is 41.6 Å². The van der Waals surface area contributed by atoms with Crippen LogP contribution in [-0.2, 0) is 0 Å². The molecule has 2 aromatic carbocycles. The largest absolute Gasteiger partial charge is 0.240 e. The van der Waals surface area contributed by atoms with Gasteiger partial charge in [0, 0.05) is 18.0 Å². The van der Waals surface area contributed by atoms with Crippen LogP contribution in [0.1, 0.15) is 16.7 Å². The number of benzene rings is 2. The van der Waals surface area contributed by atoms with E-state index >= 15 is 0 Å². The first-order chi connectivity index (χ1) is 10.2. The molecule has 0 radical (unpaired) electrons. The lowest BCUT2D eigenvalue weighted by atomic mass is 9.93. The van der Waals surface area contributed by atoms with Crippen molar-refractivity contribution in [3.63, 3.8) is 0 Å². The Morgan fingerprint density at radius 1 is 1.05 bits per heavy atom. The van der Waals surface area contributed by atoms with Gasteiger partial charge in [-0.15, -0.1) is 0 Å². The van der Waals surface area contributed by atoms with Crippen molar-refractivity contribution in [1.82, 2.24) is 9.78 Å². The van der Waals surface area contributed by atoms with Gasteiger partial charge in [0.15, 0.2) is 0 Å². The van der Waals surface area contributed by atoms with Crippen LogP contribution in [-0.4, -0.2) is 9.78 Å². The van der Waals surface area contributed by atoms with Crippen LogP contribution in [0.3, 0.4) is 0 Å². The van der Waals surface area contributed by atoms with Crippen LogP contribution >= 0.6 is 0 Å². The predicted octanol–water partition coefficient (Wildman–Crippen LogP) is 4.03. The number of hydrogen-bond donors (Lipinski definition) is 0. The average molecular weight is 273 g/mol. The van der Waals surface area contributed by atoms with Gasteiger partial charge < -0.3 is 0 Å². The van der Waals surface area contributed by atoms with Crippen LogP contribution < -0.4 is 0 Å². The van der Waals surface area contributed by atoms with Gasteiger partial charge in [0.2, 0.25) is 0 Å². The van der Waals surface area contributed by atoms with E-state index in [1.807, 2.05) is 35.1 Å². The van der Waals surface area contributed by atoms with Gasteiger partial charge in [-0.3, -0.25) is 0 Å². The van der Waals surface area contributed by atoms with Crippen LogP contribution in [0.5, 0.6) is 0 Å². The van der Waals surface area contributed by atoms with E-state index in [0.717, 1.165) is 11.3 Å². The van der Waals surface area contributed by atoms with Crippen molar-refractivity contribution in [3.05, 3.63) is 71.5 Å². The molecule has 0 fully saturated rings. The molecule has 0 spiro atoms. The first kappa shape index (κ1) is 13.1. The van der Waals surface area contributed by atoms with Crippen molar-refractivity contribution >= 4 is 0 Å². The van der Waals surface area contributed by atoms with Crippen molar-refractivity contribution in [1.29, 1.82) is 5.26 Å². The highest BCUT2D eigenvalue weighted by Crippen LogP contribution is 2.32. The molecule has 1 heterocycles. The average Bonchev–Trinajstić information content (AvgIpc) is 3.01. The molecule has 0 bridgehead atoms. The van der Waals surface area contributed by atoms with Crippen LogP contribution in [0.15, 0.2) is 54.9 Å². The molecule has 0 amide bonds. The predicted molar refractivity (Wildman–Crippen MR) is 83.2 cm³/mol. The van der Waals surface area contributed by atoms with Gasteiger partial charge in [-0.2, -0.15) is 10.4 Å². The smallest absolute Gasteiger partial charge is 0.0991 e. The summed E-state index contributed by atoms with van der Waals surface area (Å²) in [5.41, 5.74) is 6.23. The Bertz CT molecular complexity index is 804. The van der Waals surface area contributed by atoms with E-state index in [4.69, 9.17) is 0 Å². The second-order valence-electron chi connectivity index (χ2n) is 5.06. The number of aromatic nitrogens is 2. The molecule has 21 heavy (non-hydrogen) atoms. The molecule has 3 rings (SSSR count). The first-order valence-corrected chi connectivity index (χ1v) is 6.81. The summed E-state index contributed by atoms with van der Waals surface area (Å²) in [7, 11) is 0. The molecule has 102 valence electrons. The molecule has 1 aromatic heterocycles. The molecule has 0 saturated heterocycles. The fourth-order valence-electron chi connectivity index (χ4n) is 2.66. The highest BCUT2D eigenvalue weighted by Gasteiger charge is 2.13. The number of aryl methyl sites for hydroxylation is 2. The van der Waals surface area contributed by atoms with Crippen LogP contribution in [0.4, 0.5) is 0 Å². The lowest BCUT2D eigenvalue weighted by Crippen LogP contribution is -2.00. The van der Waals surface area contributed by atoms with Gasteiger partial charge >= 0.3 is 0 Å². The Hall–Kier alpha value is -2.86. The van der Waals surface area contributed by atoms with E-state index in [1.165, 1.54) is 16.7 Å². The zero-order chi connectivity index (χ0) is 14.8. The second kappa shape index (κ2) is 5.26. The molecule has 0 atom stereocenters. The Morgan fingerprint density at radius 2 is 1.81 bits per heavy atom. The van der Waals surface area contributed by atoms with Crippen molar-refractivity contribution in [2.45, 2.75) is 13.8 Å². The lowest BCUT2D eigenvalue weighted by Gasteiger charge is -2.15. The maximum absolute atomic E-state index is 9.20. The number of hydrogen-bond acceptors (Lipinski definition) is 2. The normalized spacial score (nSPS) is 10.3. The summed E-state index contributed by atoms with van der Waals surface area (Å²) in [5.74, 6) is 0. The van der Waals surface area contributed by atoms with Crippen molar-refractivity contribution < 1.29 is 0 Å². The molecule has 0 aliphatic heterocycles. The van der Waals surface area contributed by atoms with Gasteiger partial charge in [0.1, 0.15) is 0 Å². The minimum absolute atomic E-state index is 0.656. The molecule has 3 nitrogen and oxygen atoms in total. The van der Waals surface area contributed by atoms with E-state index in [1.54, 1.807) is 6.20 Å². The Balaban J connectivity index is 2.33. The highest BCUT2D eigenvalue weighted by atomic mass is 15.3. The van der Waals surface area contributed by atoms with Crippen molar-refractivity contribution in [2.75, 3.05) is 0 Å². The van der Waals surface area contributed by atoms with E-state index in [-0.39, 0.29) is 0 Å². The SMILES string of the molecule is Cc1cccc(C)c1-c1cc(C#N)ccc1-n1cccn1. The standard InChI is InChI=1S/C18H15N3/c1-13-5-3-6-14(2)18(13)16-11-15(12-19)7-8-17(16)21-10-4-9-20-21/h3-11H,1-2H3. The molecule has 0 aliphatic rings. The summed E-state index contributed by atoms with van der Waals surface area (Å²) in [6.45, 7) is 4.18. The summed E-state index contributed by atoms with van der Waals surface area (Å²) in [6, 6.07) is 16.1. The lowest BCUT2D eigenvalue weighted by molar-refractivity contribution is 0.881. The Labute approximate surface area is 124 Å². The van der Waals surface area contributed by atoms with Gasteiger partial charge in [0.25, 0.3) is 0 Å². The quantitative estimate of drug-likeness (QED) is 0.707. The molecular formula is C18H15N3. The van der Waals surface area contributed by atoms with E-state index in [9.17, 15) is 5.26 Å². The summed E-state index contributed by atoms with van der Waals surface area (Å²) in [6.07, 6.45) is 3.67. The van der Waals surface area contributed by atoms with E-state index < -0.39 is 0 Å². The van der Waals surface area contributed by atoms with Crippen LogP contribution in [0.25, 0.3) is 16.8 Å². The van der Waals surface area contributed by atoms with Gasteiger partial charge in [-0.1, -0.05) is 18.2 Å². The van der Waals surface area contributed by atoms with Crippen molar-refractivity contribution in [3.8, 4) is 22.9 Å². The molecule has 0 N–H and O–H groups in total. The summed E-state index contributed by atoms with van der Waals surface area (Å²) < 4.78 is 1.84. The molecule has 0 unspecified atom stereocenters. The maximum Gasteiger partial charge on any atom is 0.0991 e. The number of nitrogens with zero attached hydrogens (tertiary/aromatic N) is 3. The fourth-order valence-corrected chi connectivity index (χ4v) is 2.66. The third-order valence-corrected chi connectivity index (χ3v) is 3.63. The van der Waals surface area contributed by atoms with E-state index in [2.05, 4.69) is 43.2 Å². The molecular weight excluding hydrogens is 258 g/mol. The summed E-state index contributed by atoms with van der Waals surface area (Å²) in [4.78, 5) is 0. The Morgan fingerprint density at radius 3 is 2.43 bits per heavy atom. The fraction of sp³-hybridized carbons (Fsp3) is 0.111. The zero-order valence-electron chi connectivity index (χ0n) is 12.0. The molecule has 3 aromatic rings. The first-order valence-electron chi connectivity index (χ1n) is 6.81. The number of rotatable bonds is 2. The van der Waals surface area contributed by atoms with Crippen LogP contribution in [0.2, 0.25) is 0 Å². The molecule has 3 heteroatoms. The molecule has 0 aliphatic carbocycles. The minimum Gasteiger partial charge on any atom is -0.240 e. The third-order valence-electron chi connectivity index (χ3n) is 3.63. The van der Waals surface area contributed by atoms with E-state index in [0.29, 0.717) is 5.56 Å². The summed E-state index contributed by atoms with van der Waals surface area (Å²) in [5, 5.41) is 13.5. The number of nitriles is 1. The third kappa shape index (κ3) is 2.32. The van der Waals surface area contributed by atoms with Gasteiger partial charge in [-0.25, -0.2) is 4.68 Å². The zero-order valence-corrected chi connectivity index (χ0v) is 12.0. The Kier molecular flexibility index (Phi) is 3.29. The van der Waals surface area contributed by atoms with Gasteiger partial charge in [-0.05, 0) is 54.8 Å².